The van der Waals surface area contributed by atoms with Crippen molar-refractivity contribution in [3.8, 4) is 0 Å². The highest BCUT2D eigenvalue weighted by Gasteiger charge is 2.16. The van der Waals surface area contributed by atoms with E-state index >= 15 is 0 Å². The van der Waals surface area contributed by atoms with E-state index in [0.29, 0.717) is 22.9 Å². The van der Waals surface area contributed by atoms with Crippen LogP contribution in [-0.2, 0) is 13.1 Å². The van der Waals surface area contributed by atoms with E-state index in [9.17, 15) is 14.0 Å². The van der Waals surface area contributed by atoms with Crippen molar-refractivity contribution < 1.29 is 9.18 Å². The molecule has 0 saturated carbocycles. The van der Waals surface area contributed by atoms with E-state index in [4.69, 9.17) is 0 Å². The zero-order valence-corrected chi connectivity index (χ0v) is 13.8. The third kappa shape index (κ3) is 3.42. The number of benzene rings is 2. The smallest absolute Gasteiger partial charge is 0.274 e. The van der Waals surface area contributed by atoms with Crippen LogP contribution in [0.2, 0.25) is 0 Å². The van der Waals surface area contributed by atoms with Gasteiger partial charge in [-0.1, -0.05) is 43.3 Å². The van der Waals surface area contributed by atoms with Gasteiger partial charge >= 0.3 is 0 Å². The highest BCUT2D eigenvalue weighted by Crippen LogP contribution is 2.14. The van der Waals surface area contributed by atoms with E-state index in [1.807, 2.05) is 6.92 Å². The van der Waals surface area contributed by atoms with Crippen molar-refractivity contribution in [3.05, 3.63) is 76.0 Å². The van der Waals surface area contributed by atoms with Gasteiger partial charge in [-0.15, -0.1) is 0 Å². The minimum atomic E-state index is -0.440. The van der Waals surface area contributed by atoms with Crippen LogP contribution in [0.15, 0.2) is 53.3 Å². The number of fused-ring (bicyclic) bond motifs is 1. The Morgan fingerprint density at radius 1 is 1.12 bits per heavy atom. The number of hydrogen-bond donors (Lipinski definition) is 1. The van der Waals surface area contributed by atoms with E-state index in [-0.39, 0.29) is 23.6 Å². The fraction of sp³-hybridized carbons (Fsp3) is 0.211. The molecule has 1 heterocycles. The standard InChI is InChI=1S/C19H18FN3O2/c1-2-11-23-19(25)15-9-5-4-8-14(15)17(22-23)18(24)21-12-13-7-3-6-10-16(13)20/h3-10H,2,11-12H2,1H3,(H,21,24). The average molecular weight is 339 g/mol. The second kappa shape index (κ2) is 7.25. The van der Waals surface area contributed by atoms with Crippen LogP contribution < -0.4 is 10.9 Å². The Morgan fingerprint density at radius 3 is 2.52 bits per heavy atom. The summed E-state index contributed by atoms with van der Waals surface area (Å²) in [7, 11) is 0. The first-order valence-corrected chi connectivity index (χ1v) is 8.13. The number of amides is 1. The number of aromatic nitrogens is 2. The second-order valence-electron chi connectivity index (χ2n) is 5.70. The molecule has 0 bridgehead atoms. The molecule has 25 heavy (non-hydrogen) atoms. The minimum absolute atomic E-state index is 0.0500. The largest absolute Gasteiger partial charge is 0.346 e. The van der Waals surface area contributed by atoms with Crippen LogP contribution in [0.25, 0.3) is 10.8 Å². The fourth-order valence-electron chi connectivity index (χ4n) is 2.67. The summed E-state index contributed by atoms with van der Waals surface area (Å²) < 4.78 is 15.0. The van der Waals surface area contributed by atoms with Crippen LogP contribution in [-0.4, -0.2) is 15.7 Å². The number of nitrogens with one attached hydrogen (secondary N) is 1. The molecule has 128 valence electrons. The maximum Gasteiger partial charge on any atom is 0.274 e. The topological polar surface area (TPSA) is 64.0 Å². The van der Waals surface area contributed by atoms with Crippen LogP contribution in [0.3, 0.4) is 0 Å². The molecule has 3 rings (SSSR count). The summed E-state index contributed by atoms with van der Waals surface area (Å²) in [5, 5.41) is 7.84. The predicted octanol–water partition coefficient (Wildman–Crippen LogP) is 2.88. The number of halogens is 1. The van der Waals surface area contributed by atoms with Crippen molar-refractivity contribution in [2.45, 2.75) is 26.4 Å². The molecular formula is C19H18FN3O2. The van der Waals surface area contributed by atoms with Gasteiger partial charge in [0.1, 0.15) is 5.82 Å². The van der Waals surface area contributed by atoms with Crippen molar-refractivity contribution in [2.24, 2.45) is 0 Å². The summed E-state index contributed by atoms with van der Waals surface area (Å²) in [5.74, 6) is -0.819. The van der Waals surface area contributed by atoms with Gasteiger partial charge in [0.2, 0.25) is 0 Å². The molecular weight excluding hydrogens is 321 g/mol. The Hall–Kier alpha value is -3.02. The second-order valence-corrected chi connectivity index (χ2v) is 5.70. The maximum atomic E-state index is 13.7. The van der Waals surface area contributed by atoms with Crippen molar-refractivity contribution >= 4 is 16.7 Å². The molecule has 1 N–H and O–H groups in total. The Kier molecular flexibility index (Phi) is 4.88. The number of carbonyl (C=O) groups excluding carboxylic acids is 1. The molecule has 0 aliphatic rings. The van der Waals surface area contributed by atoms with Crippen LogP contribution in [0.1, 0.15) is 29.4 Å². The molecule has 3 aromatic rings. The molecule has 0 aliphatic carbocycles. The molecule has 2 aromatic carbocycles. The lowest BCUT2D eigenvalue weighted by Gasteiger charge is -2.11. The molecule has 0 aliphatic heterocycles. The molecule has 0 spiro atoms. The van der Waals surface area contributed by atoms with Gasteiger partial charge in [0, 0.05) is 24.0 Å². The minimum Gasteiger partial charge on any atom is -0.346 e. The summed E-state index contributed by atoms with van der Waals surface area (Å²) in [6.07, 6.45) is 0.724. The van der Waals surface area contributed by atoms with Crippen molar-refractivity contribution in [3.63, 3.8) is 0 Å². The number of rotatable bonds is 5. The first-order chi connectivity index (χ1) is 12.1. The predicted molar refractivity (Wildman–Crippen MR) is 93.9 cm³/mol. The summed E-state index contributed by atoms with van der Waals surface area (Å²) in [6.45, 7) is 2.41. The van der Waals surface area contributed by atoms with E-state index in [1.165, 1.54) is 10.7 Å². The lowest BCUT2D eigenvalue weighted by Crippen LogP contribution is -2.30. The van der Waals surface area contributed by atoms with Crippen molar-refractivity contribution in [1.29, 1.82) is 0 Å². The van der Waals surface area contributed by atoms with Gasteiger partial charge in [-0.2, -0.15) is 5.10 Å². The molecule has 6 heteroatoms. The lowest BCUT2D eigenvalue weighted by atomic mass is 10.1. The van der Waals surface area contributed by atoms with Crippen LogP contribution in [0.5, 0.6) is 0 Å². The molecule has 1 aromatic heterocycles. The first kappa shape index (κ1) is 16.8. The number of nitrogens with zero attached hydrogens (tertiary/aromatic N) is 2. The molecule has 0 unspecified atom stereocenters. The number of hydrogen-bond acceptors (Lipinski definition) is 3. The Morgan fingerprint density at radius 2 is 1.80 bits per heavy atom. The number of carbonyl (C=O) groups is 1. The monoisotopic (exact) mass is 339 g/mol. The molecule has 0 radical (unpaired) electrons. The van der Waals surface area contributed by atoms with E-state index in [2.05, 4.69) is 10.4 Å². The van der Waals surface area contributed by atoms with Crippen LogP contribution in [0, 0.1) is 5.82 Å². The Bertz CT molecular complexity index is 982. The quantitative estimate of drug-likeness (QED) is 0.777. The Balaban J connectivity index is 1.96. The molecule has 0 saturated heterocycles. The van der Waals surface area contributed by atoms with Crippen molar-refractivity contribution in [2.75, 3.05) is 0 Å². The van der Waals surface area contributed by atoms with Crippen LogP contribution in [0.4, 0.5) is 4.39 Å². The average Bonchev–Trinajstić information content (AvgIpc) is 2.63. The summed E-state index contributed by atoms with van der Waals surface area (Å²) >= 11 is 0. The van der Waals surface area contributed by atoms with Crippen molar-refractivity contribution in [1.82, 2.24) is 15.1 Å². The summed E-state index contributed by atoms with van der Waals surface area (Å²) in [5.41, 5.74) is 0.338. The molecule has 0 atom stereocenters. The lowest BCUT2D eigenvalue weighted by molar-refractivity contribution is 0.0945. The van der Waals surface area contributed by atoms with Gasteiger partial charge in [0.05, 0.1) is 5.39 Å². The summed E-state index contributed by atoms with van der Waals surface area (Å²) in [4.78, 5) is 25.0. The fourth-order valence-corrected chi connectivity index (χ4v) is 2.67. The Labute approximate surface area is 144 Å². The van der Waals surface area contributed by atoms with Gasteiger partial charge < -0.3 is 5.32 Å². The first-order valence-electron chi connectivity index (χ1n) is 8.13. The van der Waals surface area contributed by atoms with Gasteiger partial charge in [-0.05, 0) is 18.6 Å². The molecule has 1 amide bonds. The zero-order valence-electron chi connectivity index (χ0n) is 13.8. The third-order valence-electron chi connectivity index (χ3n) is 3.92. The SMILES string of the molecule is CCCn1nc(C(=O)NCc2ccccc2F)c2ccccc2c1=O. The maximum absolute atomic E-state index is 13.7. The zero-order chi connectivity index (χ0) is 17.8. The van der Waals surface area contributed by atoms with Gasteiger partial charge in [0.15, 0.2) is 5.69 Å². The summed E-state index contributed by atoms with van der Waals surface area (Å²) in [6, 6.07) is 13.1. The van der Waals surface area contributed by atoms with Gasteiger partial charge in [0.25, 0.3) is 11.5 Å². The molecule has 5 nitrogen and oxygen atoms in total. The van der Waals surface area contributed by atoms with E-state index < -0.39 is 5.91 Å². The van der Waals surface area contributed by atoms with Gasteiger partial charge in [-0.25, -0.2) is 9.07 Å². The number of aryl methyl sites for hydroxylation is 1. The third-order valence-corrected chi connectivity index (χ3v) is 3.92. The normalized spacial score (nSPS) is 10.8. The highest BCUT2D eigenvalue weighted by molar-refractivity contribution is 6.04. The van der Waals surface area contributed by atoms with Gasteiger partial charge in [-0.3, -0.25) is 9.59 Å². The highest BCUT2D eigenvalue weighted by atomic mass is 19.1. The van der Waals surface area contributed by atoms with E-state index in [1.54, 1.807) is 42.5 Å². The molecule has 0 fully saturated rings. The van der Waals surface area contributed by atoms with E-state index in [0.717, 1.165) is 6.42 Å². The van der Waals surface area contributed by atoms with Crippen LogP contribution >= 0.6 is 0 Å².